The quantitative estimate of drug-likeness (QED) is 0.470. The molecule has 10 heteroatoms. The highest BCUT2D eigenvalue weighted by Crippen LogP contribution is 2.29. The van der Waals surface area contributed by atoms with E-state index in [0.717, 1.165) is 10.5 Å². The van der Waals surface area contributed by atoms with Crippen LogP contribution < -0.4 is 5.32 Å². The predicted octanol–water partition coefficient (Wildman–Crippen LogP) is 2.36. The molecule has 3 nitrogen and oxygen atoms in total. The van der Waals surface area contributed by atoms with Gasteiger partial charge >= 0.3 is 6.09 Å². The van der Waals surface area contributed by atoms with Crippen molar-refractivity contribution in [1.29, 1.82) is 0 Å². The van der Waals surface area contributed by atoms with Crippen LogP contribution in [0.3, 0.4) is 0 Å². The smallest absolute Gasteiger partial charge is 0.411 e. The van der Waals surface area contributed by atoms with Gasteiger partial charge < -0.3 is 12.8 Å². The largest absolute Gasteiger partial charge is 0.453 e. The van der Waals surface area contributed by atoms with Crippen LogP contribution in [0.4, 0.5) is 10.5 Å². The van der Waals surface area contributed by atoms with Crippen molar-refractivity contribution >= 4 is 82.4 Å². The number of benzene rings is 1. The van der Waals surface area contributed by atoms with Crippen LogP contribution >= 0.6 is 11.7 Å². The molecule has 1 N–H and O–H groups in total. The molecule has 0 aliphatic rings. The van der Waals surface area contributed by atoms with Crippen molar-refractivity contribution in [2.45, 2.75) is 16.7 Å². The number of amides is 1. The number of nitrogens with one attached hydrogen (secondary N) is 1. The summed E-state index contributed by atoms with van der Waals surface area (Å²) in [5.74, 6) is 0. The van der Waals surface area contributed by atoms with Crippen molar-refractivity contribution in [1.82, 2.24) is 0 Å². The van der Waals surface area contributed by atoms with Crippen LogP contribution in [0.25, 0.3) is 0 Å². The molecule has 106 valence electrons. The van der Waals surface area contributed by atoms with Crippen LogP contribution in [0, 0.1) is 6.92 Å². The van der Waals surface area contributed by atoms with E-state index in [0.29, 0.717) is 10.6 Å². The van der Waals surface area contributed by atoms with Gasteiger partial charge in [0.1, 0.15) is 0 Å². The van der Waals surface area contributed by atoms with Gasteiger partial charge in [0.15, 0.2) is 0 Å². The average molecular weight is 389 g/mol. The fourth-order valence-electron chi connectivity index (χ4n) is 1.39. The van der Waals surface area contributed by atoms with Gasteiger partial charge in [0.25, 0.3) is 0 Å². The van der Waals surface area contributed by atoms with Crippen molar-refractivity contribution in [2.24, 2.45) is 0 Å². The lowest BCUT2D eigenvalue weighted by molar-refractivity contribution is 0.187. The Morgan fingerprint density at radius 1 is 1.42 bits per heavy atom. The lowest BCUT2D eigenvalue weighted by Gasteiger charge is -2.19. The number of hydrogen-bond donors (Lipinski definition) is 2. The van der Waals surface area contributed by atoms with Crippen molar-refractivity contribution < 1.29 is 9.53 Å². The summed E-state index contributed by atoms with van der Waals surface area (Å²) in [6, 6.07) is 3.44. The molecule has 0 radical (unpaired) electrons. The molecule has 0 saturated heterocycles. The Kier molecular flexibility index (Phi) is 6.36. The molecule has 1 aromatic rings. The first-order chi connectivity index (χ1) is 8.66. The van der Waals surface area contributed by atoms with Crippen LogP contribution in [0.15, 0.2) is 21.9 Å². The zero-order chi connectivity index (χ0) is 14.8. The van der Waals surface area contributed by atoms with Crippen LogP contribution in [0.1, 0.15) is 5.56 Å². The number of methoxy groups -OCH3 is 1. The van der Waals surface area contributed by atoms with Gasteiger partial charge in [-0.2, -0.15) is 0 Å². The fraction of sp³-hybridized carbons (Fsp3) is 0.222. The lowest BCUT2D eigenvalue weighted by Crippen LogP contribution is -2.12. The molecular formula is C9H10NO2S7-. The van der Waals surface area contributed by atoms with Gasteiger partial charge in [-0.1, -0.05) is 17.2 Å². The first-order valence-electron chi connectivity index (χ1n) is 4.73. The van der Waals surface area contributed by atoms with Gasteiger partial charge in [-0.3, -0.25) is 27.7 Å². The van der Waals surface area contributed by atoms with Gasteiger partial charge in [0.05, 0.1) is 7.11 Å². The minimum atomic E-state index is -2.12. The molecule has 0 aromatic heterocycles. The van der Waals surface area contributed by atoms with E-state index in [2.05, 4.69) is 21.7 Å². The highest BCUT2D eigenvalue weighted by Gasteiger charge is 2.10. The summed E-state index contributed by atoms with van der Waals surface area (Å²) < 4.78 is 4.54. The lowest BCUT2D eigenvalue weighted by atomic mass is 10.2. The molecule has 0 bridgehead atoms. The summed E-state index contributed by atoms with van der Waals surface area (Å²) in [5, 5.41) is 2.57. The topological polar surface area (TPSA) is 38.3 Å². The molecule has 0 spiro atoms. The second-order valence-electron chi connectivity index (χ2n) is 3.45. The van der Waals surface area contributed by atoms with Crippen molar-refractivity contribution in [3.05, 3.63) is 17.7 Å². The highest BCUT2D eigenvalue weighted by molar-refractivity contribution is 8.93. The number of ether oxygens (including phenoxy) is 1. The normalized spacial score (nSPS) is 11.4. The Balaban J connectivity index is 3.53. The molecule has 1 rings (SSSR count). The van der Waals surface area contributed by atoms with Crippen LogP contribution in [0.5, 0.6) is 0 Å². The van der Waals surface area contributed by atoms with Gasteiger partial charge in [-0.15, -0.1) is 4.90 Å². The third kappa shape index (κ3) is 4.73. The molecule has 19 heavy (non-hydrogen) atoms. The van der Waals surface area contributed by atoms with Crippen LogP contribution in [-0.4, -0.2) is 13.2 Å². The Labute approximate surface area is 137 Å². The predicted molar refractivity (Wildman–Crippen MR) is 96.9 cm³/mol. The summed E-state index contributed by atoms with van der Waals surface area (Å²) in [4.78, 5) is 12.7. The number of hydrogen-bond acceptors (Lipinski definition) is 7. The Bertz CT molecular complexity index is 683. The maximum atomic E-state index is 11.2. The highest BCUT2D eigenvalue weighted by atomic mass is 33.5. The summed E-state index contributed by atoms with van der Waals surface area (Å²) in [6.45, 7) is 1.85. The molecule has 0 aliphatic carbocycles. The standard InChI is InChI=1S/C9H10NO2S7/c1-5-3-6(10-9(11)12-2)4-7(19(15,16)17)8(5)18(13)14/h3-4H,1-2H3,(H,10,11)(H,15,16,17)/q-1. The van der Waals surface area contributed by atoms with E-state index in [1.54, 1.807) is 12.1 Å². The van der Waals surface area contributed by atoms with E-state index in [4.69, 9.17) is 44.8 Å². The molecule has 0 atom stereocenters. The van der Waals surface area contributed by atoms with Crippen LogP contribution in [0.2, 0.25) is 0 Å². The second kappa shape index (κ2) is 6.92. The molecule has 0 saturated carbocycles. The zero-order valence-electron chi connectivity index (χ0n) is 9.87. The Morgan fingerprint density at radius 2 is 2.00 bits per heavy atom. The number of carbonyl (C=O) groups is 1. The van der Waals surface area contributed by atoms with Crippen molar-refractivity contribution in [3.63, 3.8) is 0 Å². The molecule has 1 amide bonds. The SMILES string of the molecule is COC(=O)Nc1cc(C)c([S-](=S)=S)c(S(=S)(=S)S)c1. The number of anilines is 1. The maximum absolute atomic E-state index is 11.2. The molecule has 0 fully saturated rings. The first kappa shape index (κ1) is 17.5. The summed E-state index contributed by atoms with van der Waals surface area (Å²) in [5.41, 5.74) is 1.39. The minimum Gasteiger partial charge on any atom is -0.453 e. The molecule has 0 unspecified atom stereocenters. The van der Waals surface area contributed by atoms with Crippen molar-refractivity contribution in [2.75, 3.05) is 12.4 Å². The van der Waals surface area contributed by atoms with E-state index in [9.17, 15) is 4.79 Å². The van der Waals surface area contributed by atoms with E-state index in [1.807, 2.05) is 6.92 Å². The third-order valence-electron chi connectivity index (χ3n) is 2.12. The molecule has 0 heterocycles. The van der Waals surface area contributed by atoms with Gasteiger partial charge in [0.2, 0.25) is 0 Å². The van der Waals surface area contributed by atoms with Gasteiger partial charge in [-0.05, 0) is 47.6 Å². The van der Waals surface area contributed by atoms with E-state index in [-0.39, 0.29) is 0 Å². The summed E-state index contributed by atoms with van der Waals surface area (Å²) >= 11 is 25.1. The summed E-state index contributed by atoms with van der Waals surface area (Å²) in [7, 11) is 0.477. The Morgan fingerprint density at radius 3 is 2.42 bits per heavy atom. The minimum absolute atomic E-state index is 0.541. The van der Waals surface area contributed by atoms with E-state index in [1.165, 1.54) is 7.11 Å². The molecular weight excluding hydrogens is 379 g/mol. The number of carbonyl (C=O) groups excluding carboxylic acids is 1. The number of aryl methyl sites for hydroxylation is 1. The maximum Gasteiger partial charge on any atom is 0.411 e. The van der Waals surface area contributed by atoms with E-state index >= 15 is 0 Å². The molecule has 0 aliphatic heterocycles. The van der Waals surface area contributed by atoms with Crippen molar-refractivity contribution in [3.8, 4) is 0 Å². The van der Waals surface area contributed by atoms with E-state index < -0.39 is 20.3 Å². The first-order valence-corrected chi connectivity index (χ1v) is 12.3. The monoisotopic (exact) mass is 388 g/mol. The fourth-order valence-corrected chi connectivity index (χ4v) is 6.60. The average Bonchev–Trinajstić information content (AvgIpc) is 2.26. The second-order valence-corrected chi connectivity index (χ2v) is 15.1. The zero-order valence-corrected chi connectivity index (χ0v) is 15.7. The number of thiol groups is 1. The molecule has 1 aromatic carbocycles. The van der Waals surface area contributed by atoms with Gasteiger partial charge in [0, 0.05) is 10.6 Å². The Hall–Kier alpha value is 0.420. The number of rotatable bonds is 3. The van der Waals surface area contributed by atoms with Crippen LogP contribution in [-0.2, 0) is 63.7 Å². The van der Waals surface area contributed by atoms with Gasteiger partial charge in [-0.25, -0.2) is 4.79 Å². The summed E-state index contributed by atoms with van der Waals surface area (Å²) in [6.07, 6.45) is -2.69. The third-order valence-corrected chi connectivity index (χ3v) is 6.67.